The molecule has 8 rings (SSSR count). The summed E-state index contributed by atoms with van der Waals surface area (Å²) in [6.45, 7) is 14.3. The normalized spacial score (nSPS) is 14.7. The van der Waals surface area contributed by atoms with Gasteiger partial charge in [0.25, 0.3) is 5.91 Å². The summed E-state index contributed by atoms with van der Waals surface area (Å²) in [5, 5.41) is 8.36. The number of morpholine rings is 1. The molecule has 0 bridgehead atoms. The van der Waals surface area contributed by atoms with Gasteiger partial charge in [-0.2, -0.15) is 5.10 Å². The van der Waals surface area contributed by atoms with Gasteiger partial charge in [0.1, 0.15) is 17.2 Å². The van der Waals surface area contributed by atoms with Gasteiger partial charge in [-0.1, -0.05) is 53.8 Å². The molecule has 0 atom stereocenters. The van der Waals surface area contributed by atoms with Gasteiger partial charge in [-0.05, 0) is 88.1 Å². The minimum atomic E-state index is -0.729. The number of benzene rings is 3. The number of anilines is 2. The van der Waals surface area contributed by atoms with Crippen LogP contribution >= 0.6 is 11.3 Å². The number of hydrogen-bond donors (Lipinski definition) is 1. The first-order valence-corrected chi connectivity index (χ1v) is 20.7. The summed E-state index contributed by atoms with van der Waals surface area (Å²) in [4.78, 5) is 41.8. The van der Waals surface area contributed by atoms with Crippen LogP contribution in [0.25, 0.3) is 21.3 Å². The number of hydrogen-bond acceptors (Lipinski definition) is 11. The largest absolute Gasteiger partial charge is 0.493 e. The van der Waals surface area contributed by atoms with E-state index in [0.29, 0.717) is 54.7 Å². The van der Waals surface area contributed by atoms with Crippen LogP contribution in [0, 0.1) is 6.92 Å². The van der Waals surface area contributed by atoms with E-state index in [1.54, 1.807) is 6.20 Å². The lowest BCUT2D eigenvalue weighted by Gasteiger charge is -2.31. The molecule has 12 nitrogen and oxygen atoms in total. The van der Waals surface area contributed by atoms with E-state index in [1.807, 2.05) is 99.1 Å². The second-order valence-corrected chi connectivity index (χ2v) is 16.7. The van der Waals surface area contributed by atoms with Gasteiger partial charge in [0.2, 0.25) is 0 Å². The average Bonchev–Trinajstić information content (AvgIpc) is 3.81. The van der Waals surface area contributed by atoms with Gasteiger partial charge in [0, 0.05) is 60.7 Å². The molecule has 1 amide bonds. The molecule has 3 aromatic carbocycles. The van der Waals surface area contributed by atoms with Crippen LogP contribution in [0.2, 0.25) is 0 Å². The van der Waals surface area contributed by atoms with Gasteiger partial charge in [-0.3, -0.25) is 19.7 Å². The van der Waals surface area contributed by atoms with E-state index in [2.05, 4.69) is 32.2 Å². The van der Waals surface area contributed by atoms with Crippen LogP contribution in [0.3, 0.4) is 0 Å². The summed E-state index contributed by atoms with van der Waals surface area (Å²) in [6, 6.07) is 25.6. The van der Waals surface area contributed by atoms with Crippen LogP contribution in [0.5, 0.6) is 5.75 Å². The van der Waals surface area contributed by atoms with Crippen LogP contribution < -0.4 is 15.0 Å². The van der Waals surface area contributed by atoms with Crippen LogP contribution in [0.15, 0.2) is 85.1 Å². The van der Waals surface area contributed by atoms with Gasteiger partial charge in [0.05, 0.1) is 42.8 Å². The first-order valence-electron chi connectivity index (χ1n) is 19.9. The number of carbonyl (C=O) groups is 2. The van der Waals surface area contributed by atoms with Crippen LogP contribution in [0.4, 0.5) is 10.9 Å². The molecule has 1 saturated heterocycles. The highest BCUT2D eigenvalue weighted by atomic mass is 32.1. The van der Waals surface area contributed by atoms with Gasteiger partial charge >= 0.3 is 5.97 Å². The number of para-hydroxylation sites is 2. The Bertz CT molecular complexity index is 2400. The maximum absolute atomic E-state index is 13.9. The summed E-state index contributed by atoms with van der Waals surface area (Å²) in [5.74, 6) is 0.741. The van der Waals surface area contributed by atoms with E-state index in [1.165, 1.54) is 11.3 Å². The number of pyridine rings is 1. The molecule has 6 aromatic rings. The topological polar surface area (TPSA) is 124 Å². The van der Waals surface area contributed by atoms with Gasteiger partial charge in [0.15, 0.2) is 10.8 Å². The summed E-state index contributed by atoms with van der Waals surface area (Å²) in [6.07, 6.45) is 3.44. The molecule has 2 aliphatic heterocycles. The zero-order chi connectivity index (χ0) is 40.2. The zero-order valence-corrected chi connectivity index (χ0v) is 34.3. The summed E-state index contributed by atoms with van der Waals surface area (Å²) in [7, 11) is 0. The number of esters is 1. The summed E-state index contributed by atoms with van der Waals surface area (Å²) in [5.41, 5.74) is 6.30. The van der Waals surface area contributed by atoms with Crippen molar-refractivity contribution in [1.82, 2.24) is 24.6 Å². The standard InChI is InChI=1S/C45H49N7O5S/c1-30-35(27-46-52(30)28-32-11-5-7-15-38(32)56-24-10-20-50-22-25-55-26-23-50)33-17-18-40(48-41(33)43(54)57-45(2,3)4)51-21-19-31-12-9-13-34(36(31)29-51)42(53)49-44-47-37-14-6-8-16-39(37)58-44/h5-9,11-18,27H,10,19-26,28-29H2,1-4H3,(H,47,49,53). The maximum atomic E-state index is 13.9. The van der Waals surface area contributed by atoms with Crippen molar-refractivity contribution in [3.05, 3.63) is 119 Å². The Morgan fingerprint density at radius 2 is 1.72 bits per heavy atom. The second-order valence-electron chi connectivity index (χ2n) is 15.7. The molecule has 1 N–H and O–H groups in total. The van der Waals surface area contributed by atoms with E-state index < -0.39 is 11.6 Å². The van der Waals surface area contributed by atoms with Crippen molar-refractivity contribution in [3.8, 4) is 16.9 Å². The SMILES string of the molecule is Cc1c(-c2ccc(N3CCc4cccc(C(=O)Nc5nc6ccccc6s5)c4C3)nc2C(=O)OC(C)(C)C)cnn1Cc1ccccc1OCCCN1CCOCC1. The Balaban J connectivity index is 1.02. The third kappa shape index (κ3) is 8.91. The minimum absolute atomic E-state index is 0.207. The second kappa shape index (κ2) is 17.1. The molecule has 58 heavy (non-hydrogen) atoms. The number of fused-ring (bicyclic) bond motifs is 2. The molecule has 3 aromatic heterocycles. The molecular formula is C45H49N7O5S. The van der Waals surface area contributed by atoms with Crippen molar-refractivity contribution < 1.29 is 23.8 Å². The molecule has 0 aliphatic carbocycles. The molecule has 0 unspecified atom stereocenters. The lowest BCUT2D eigenvalue weighted by atomic mass is 9.94. The van der Waals surface area contributed by atoms with E-state index in [9.17, 15) is 9.59 Å². The Labute approximate surface area is 342 Å². The first-order chi connectivity index (χ1) is 28.1. The molecule has 2 aliphatic rings. The molecule has 0 spiro atoms. The van der Waals surface area contributed by atoms with E-state index in [4.69, 9.17) is 24.3 Å². The molecule has 13 heteroatoms. The number of carbonyl (C=O) groups excluding carboxylic acids is 2. The molecule has 300 valence electrons. The van der Waals surface area contributed by atoms with E-state index in [-0.39, 0.29) is 11.6 Å². The number of aromatic nitrogens is 4. The van der Waals surface area contributed by atoms with Crippen LogP contribution in [-0.2, 0) is 29.0 Å². The molecule has 0 radical (unpaired) electrons. The smallest absolute Gasteiger partial charge is 0.358 e. The highest BCUT2D eigenvalue weighted by Crippen LogP contribution is 2.33. The zero-order valence-electron chi connectivity index (χ0n) is 33.5. The number of nitrogens with zero attached hydrogens (tertiary/aromatic N) is 6. The molecular weight excluding hydrogens is 751 g/mol. The highest BCUT2D eigenvalue weighted by Gasteiger charge is 2.28. The Hall–Kier alpha value is -5.63. The molecule has 1 fully saturated rings. The highest BCUT2D eigenvalue weighted by molar-refractivity contribution is 7.22. The minimum Gasteiger partial charge on any atom is -0.493 e. The van der Waals surface area contributed by atoms with Gasteiger partial charge < -0.3 is 19.1 Å². The number of thiazole rings is 1. The fourth-order valence-corrected chi connectivity index (χ4v) is 8.37. The van der Waals surface area contributed by atoms with Crippen molar-refractivity contribution in [2.24, 2.45) is 0 Å². The van der Waals surface area contributed by atoms with Crippen molar-refractivity contribution in [2.75, 3.05) is 56.2 Å². The van der Waals surface area contributed by atoms with Crippen molar-refractivity contribution in [2.45, 2.75) is 59.2 Å². The number of amides is 1. The molecule has 0 saturated carbocycles. The predicted octanol–water partition coefficient (Wildman–Crippen LogP) is 7.78. The monoisotopic (exact) mass is 799 g/mol. The Kier molecular flexibility index (Phi) is 11.5. The Morgan fingerprint density at radius 3 is 2.55 bits per heavy atom. The fraction of sp³-hybridized carbons (Fsp3) is 0.356. The van der Waals surface area contributed by atoms with E-state index in [0.717, 1.165) is 83.2 Å². The lowest BCUT2D eigenvalue weighted by molar-refractivity contribution is 0.00637. The third-order valence-corrected chi connectivity index (χ3v) is 11.4. The van der Waals surface area contributed by atoms with E-state index >= 15 is 0 Å². The third-order valence-electron chi connectivity index (χ3n) is 10.5. The Morgan fingerprint density at radius 1 is 0.914 bits per heavy atom. The lowest BCUT2D eigenvalue weighted by Crippen LogP contribution is -2.37. The maximum Gasteiger partial charge on any atom is 0.358 e. The average molecular weight is 800 g/mol. The van der Waals surface area contributed by atoms with Crippen LogP contribution in [-0.4, -0.2) is 88.1 Å². The van der Waals surface area contributed by atoms with Gasteiger partial charge in [-0.25, -0.2) is 14.8 Å². The number of nitrogens with one attached hydrogen (secondary N) is 1. The predicted molar refractivity (Wildman–Crippen MR) is 227 cm³/mol. The fourth-order valence-electron chi connectivity index (χ4n) is 7.51. The summed E-state index contributed by atoms with van der Waals surface area (Å²) < 4.78 is 20.6. The van der Waals surface area contributed by atoms with Crippen molar-refractivity contribution >= 4 is 44.4 Å². The first kappa shape index (κ1) is 39.2. The number of rotatable bonds is 12. The molecule has 5 heterocycles. The summed E-state index contributed by atoms with van der Waals surface area (Å²) >= 11 is 1.45. The quantitative estimate of drug-likeness (QED) is 0.0970. The van der Waals surface area contributed by atoms with Gasteiger partial charge in [-0.15, -0.1) is 0 Å². The number of ether oxygens (including phenoxy) is 3. The van der Waals surface area contributed by atoms with Crippen molar-refractivity contribution in [3.63, 3.8) is 0 Å². The van der Waals surface area contributed by atoms with Crippen molar-refractivity contribution in [1.29, 1.82) is 0 Å². The van der Waals surface area contributed by atoms with Crippen LogP contribution in [0.1, 0.15) is 70.4 Å².